The van der Waals surface area contributed by atoms with E-state index in [1.807, 2.05) is 0 Å². The van der Waals surface area contributed by atoms with Crippen LogP contribution in [0.25, 0.3) is 0 Å². The third kappa shape index (κ3) is 2.44. The van der Waals surface area contributed by atoms with Gasteiger partial charge in [0.25, 0.3) is 0 Å². The highest BCUT2D eigenvalue weighted by Crippen LogP contribution is 2.29. The molecule has 0 bridgehead atoms. The van der Waals surface area contributed by atoms with Gasteiger partial charge in [-0.3, -0.25) is 0 Å². The quantitative estimate of drug-likeness (QED) is 0.744. The van der Waals surface area contributed by atoms with Crippen molar-refractivity contribution in [1.82, 2.24) is 0 Å². The Morgan fingerprint density at radius 2 is 1.53 bits per heavy atom. The molecule has 4 N–H and O–H groups in total. The zero-order valence-corrected chi connectivity index (χ0v) is 10.1. The summed E-state index contributed by atoms with van der Waals surface area (Å²) < 4.78 is 0. The van der Waals surface area contributed by atoms with Crippen LogP contribution in [0.4, 0.5) is 11.4 Å². The Bertz CT molecular complexity index is 313. The van der Waals surface area contributed by atoms with Crippen molar-refractivity contribution >= 4 is 11.4 Å². The fourth-order valence-corrected chi connectivity index (χ4v) is 2.07. The van der Waals surface area contributed by atoms with Crippen molar-refractivity contribution in [1.29, 1.82) is 0 Å². The van der Waals surface area contributed by atoms with E-state index < -0.39 is 0 Å². The lowest BCUT2D eigenvalue weighted by molar-refractivity contribution is 0.895. The standard InChI is InChI=1S/C13H22N2/c1-4-6-10-9(3)8-12(14)11(7-5-2)13(10)15/h8H,4-7,14-15H2,1-3H3. The number of hydrogen-bond acceptors (Lipinski definition) is 2. The molecule has 1 aromatic carbocycles. The first kappa shape index (κ1) is 11.9. The van der Waals surface area contributed by atoms with E-state index in [4.69, 9.17) is 11.5 Å². The second-order valence-corrected chi connectivity index (χ2v) is 4.15. The first-order chi connectivity index (χ1) is 7.11. The fourth-order valence-electron chi connectivity index (χ4n) is 2.07. The molecule has 0 aromatic heterocycles. The summed E-state index contributed by atoms with van der Waals surface area (Å²) in [4.78, 5) is 0. The molecule has 0 saturated carbocycles. The van der Waals surface area contributed by atoms with E-state index in [1.165, 1.54) is 11.1 Å². The Morgan fingerprint density at radius 3 is 2.07 bits per heavy atom. The maximum atomic E-state index is 6.18. The first-order valence-corrected chi connectivity index (χ1v) is 5.78. The molecule has 0 fully saturated rings. The van der Waals surface area contributed by atoms with Gasteiger partial charge >= 0.3 is 0 Å². The number of anilines is 2. The van der Waals surface area contributed by atoms with Gasteiger partial charge in [-0.05, 0) is 42.5 Å². The van der Waals surface area contributed by atoms with Gasteiger partial charge in [0.2, 0.25) is 0 Å². The summed E-state index contributed by atoms with van der Waals surface area (Å²) in [5.74, 6) is 0. The molecule has 1 aromatic rings. The van der Waals surface area contributed by atoms with Gasteiger partial charge in [-0.25, -0.2) is 0 Å². The monoisotopic (exact) mass is 206 g/mol. The molecule has 2 nitrogen and oxygen atoms in total. The van der Waals surface area contributed by atoms with Crippen molar-refractivity contribution in [2.75, 3.05) is 11.5 Å². The Hall–Kier alpha value is -1.18. The number of nitrogens with two attached hydrogens (primary N) is 2. The Balaban J connectivity index is 3.22. The molecule has 0 radical (unpaired) electrons. The van der Waals surface area contributed by atoms with Crippen LogP contribution in [0.5, 0.6) is 0 Å². The lowest BCUT2D eigenvalue weighted by atomic mass is 9.95. The van der Waals surface area contributed by atoms with Crippen LogP contribution in [0.3, 0.4) is 0 Å². The van der Waals surface area contributed by atoms with E-state index in [0.29, 0.717) is 0 Å². The van der Waals surface area contributed by atoms with E-state index >= 15 is 0 Å². The molecule has 0 atom stereocenters. The maximum Gasteiger partial charge on any atom is 0.0402 e. The summed E-state index contributed by atoms with van der Waals surface area (Å²) in [6.07, 6.45) is 4.24. The molecule has 2 heteroatoms. The summed E-state index contributed by atoms with van der Waals surface area (Å²) in [6.45, 7) is 6.42. The van der Waals surface area contributed by atoms with E-state index in [9.17, 15) is 0 Å². The van der Waals surface area contributed by atoms with Crippen LogP contribution in [0, 0.1) is 6.92 Å². The zero-order chi connectivity index (χ0) is 11.4. The molecule has 0 aliphatic carbocycles. The summed E-state index contributed by atoms with van der Waals surface area (Å²) in [5.41, 5.74) is 17.6. The SMILES string of the molecule is CCCc1c(C)cc(N)c(CCC)c1N. The minimum Gasteiger partial charge on any atom is -0.398 e. The van der Waals surface area contributed by atoms with E-state index in [-0.39, 0.29) is 0 Å². The second kappa shape index (κ2) is 5.06. The van der Waals surface area contributed by atoms with Gasteiger partial charge in [0, 0.05) is 11.4 Å². The molecule has 0 aliphatic heterocycles. The van der Waals surface area contributed by atoms with Crippen molar-refractivity contribution in [2.24, 2.45) is 0 Å². The highest BCUT2D eigenvalue weighted by Gasteiger charge is 2.10. The second-order valence-electron chi connectivity index (χ2n) is 4.15. The normalized spacial score (nSPS) is 10.6. The lowest BCUT2D eigenvalue weighted by Gasteiger charge is -2.15. The van der Waals surface area contributed by atoms with E-state index in [0.717, 1.165) is 42.6 Å². The summed E-state index contributed by atoms with van der Waals surface area (Å²) in [6, 6.07) is 2.06. The molecule has 0 aliphatic rings. The van der Waals surface area contributed by atoms with Gasteiger partial charge in [0.1, 0.15) is 0 Å². The molecule has 0 amide bonds. The van der Waals surface area contributed by atoms with Crippen molar-refractivity contribution in [3.8, 4) is 0 Å². The van der Waals surface area contributed by atoms with Crippen LogP contribution >= 0.6 is 0 Å². The topological polar surface area (TPSA) is 52.0 Å². The van der Waals surface area contributed by atoms with Crippen molar-refractivity contribution in [2.45, 2.75) is 46.5 Å². The smallest absolute Gasteiger partial charge is 0.0402 e. The Labute approximate surface area is 92.7 Å². The predicted molar refractivity (Wildman–Crippen MR) is 68.0 cm³/mol. The predicted octanol–water partition coefficient (Wildman–Crippen LogP) is 3.06. The minimum atomic E-state index is 0.853. The zero-order valence-electron chi connectivity index (χ0n) is 10.1. The molecule has 1 rings (SSSR count). The van der Waals surface area contributed by atoms with Crippen LogP contribution in [0.15, 0.2) is 6.07 Å². The average molecular weight is 206 g/mol. The van der Waals surface area contributed by atoms with Crippen LogP contribution in [0.2, 0.25) is 0 Å². The van der Waals surface area contributed by atoms with Crippen LogP contribution in [-0.4, -0.2) is 0 Å². The van der Waals surface area contributed by atoms with Crippen molar-refractivity contribution in [3.63, 3.8) is 0 Å². The molecule has 0 spiro atoms. The number of aryl methyl sites for hydroxylation is 1. The first-order valence-electron chi connectivity index (χ1n) is 5.78. The van der Waals surface area contributed by atoms with Crippen molar-refractivity contribution < 1.29 is 0 Å². The minimum absolute atomic E-state index is 0.853. The van der Waals surface area contributed by atoms with Crippen LogP contribution in [-0.2, 0) is 12.8 Å². The third-order valence-corrected chi connectivity index (χ3v) is 2.85. The van der Waals surface area contributed by atoms with Gasteiger partial charge in [-0.1, -0.05) is 26.7 Å². The number of nitrogen functional groups attached to an aromatic ring is 2. The van der Waals surface area contributed by atoms with Crippen LogP contribution < -0.4 is 11.5 Å². The molecular formula is C13H22N2. The van der Waals surface area contributed by atoms with E-state index in [1.54, 1.807) is 0 Å². The lowest BCUT2D eigenvalue weighted by Crippen LogP contribution is -2.06. The highest BCUT2D eigenvalue weighted by atomic mass is 14.6. The van der Waals surface area contributed by atoms with Crippen molar-refractivity contribution in [3.05, 3.63) is 22.8 Å². The fraction of sp³-hybridized carbons (Fsp3) is 0.538. The summed E-state index contributed by atoms with van der Waals surface area (Å²) >= 11 is 0. The summed E-state index contributed by atoms with van der Waals surface area (Å²) in [7, 11) is 0. The molecule has 0 saturated heterocycles. The number of hydrogen-bond donors (Lipinski definition) is 2. The van der Waals surface area contributed by atoms with Gasteiger partial charge in [0.15, 0.2) is 0 Å². The largest absolute Gasteiger partial charge is 0.398 e. The van der Waals surface area contributed by atoms with Gasteiger partial charge in [-0.2, -0.15) is 0 Å². The van der Waals surface area contributed by atoms with Gasteiger partial charge in [-0.15, -0.1) is 0 Å². The Morgan fingerprint density at radius 1 is 1.00 bits per heavy atom. The highest BCUT2D eigenvalue weighted by molar-refractivity contribution is 5.68. The van der Waals surface area contributed by atoms with Gasteiger partial charge in [0.05, 0.1) is 0 Å². The molecule has 0 heterocycles. The third-order valence-electron chi connectivity index (χ3n) is 2.85. The Kier molecular flexibility index (Phi) is 4.01. The number of rotatable bonds is 4. The van der Waals surface area contributed by atoms with E-state index in [2.05, 4.69) is 26.8 Å². The average Bonchev–Trinajstić information content (AvgIpc) is 2.19. The van der Waals surface area contributed by atoms with Crippen LogP contribution in [0.1, 0.15) is 43.4 Å². The molecule has 84 valence electrons. The molecular weight excluding hydrogens is 184 g/mol. The summed E-state index contributed by atoms with van der Waals surface area (Å²) in [5, 5.41) is 0. The maximum absolute atomic E-state index is 6.18. The number of benzene rings is 1. The molecule has 0 unspecified atom stereocenters. The van der Waals surface area contributed by atoms with Gasteiger partial charge < -0.3 is 11.5 Å². The molecule has 15 heavy (non-hydrogen) atoms.